The number of benzene rings is 2. The van der Waals surface area contributed by atoms with Crippen LogP contribution in [0.25, 0.3) is 10.2 Å². The third-order valence-corrected chi connectivity index (χ3v) is 6.41. The molecule has 2 aromatic heterocycles. The fourth-order valence-corrected chi connectivity index (χ4v) is 4.53. The number of fused-ring (bicyclic) bond motifs is 1. The van der Waals surface area contributed by atoms with Crippen molar-refractivity contribution in [1.29, 1.82) is 0 Å². The number of hydrogen-bond acceptors (Lipinski definition) is 4. The number of aromatic nitrogens is 2. The molecule has 0 saturated heterocycles. The van der Waals surface area contributed by atoms with Crippen molar-refractivity contribution in [2.24, 2.45) is 0 Å². The Bertz CT molecular complexity index is 1130. The minimum atomic E-state index is -0.0451. The van der Waals surface area contributed by atoms with Gasteiger partial charge in [0.05, 0.1) is 23.2 Å². The first-order valence-electron chi connectivity index (χ1n) is 9.32. The summed E-state index contributed by atoms with van der Waals surface area (Å²) in [6, 6.07) is 15.4. The van der Waals surface area contributed by atoms with E-state index in [0.29, 0.717) is 16.7 Å². The highest BCUT2D eigenvalue weighted by Crippen LogP contribution is 2.34. The summed E-state index contributed by atoms with van der Waals surface area (Å²) in [6.45, 7) is 4.53. The first-order valence-corrected chi connectivity index (χ1v) is 10.5. The predicted octanol–water partition coefficient (Wildman–Crippen LogP) is 5.74. The fourth-order valence-electron chi connectivity index (χ4n) is 3.20. The van der Waals surface area contributed by atoms with E-state index in [1.807, 2.05) is 37.3 Å². The minimum absolute atomic E-state index is 0.0451. The van der Waals surface area contributed by atoms with Gasteiger partial charge in [0.1, 0.15) is 0 Å². The molecule has 0 aliphatic carbocycles. The first-order chi connectivity index (χ1) is 14.0. The van der Waals surface area contributed by atoms with Crippen LogP contribution in [0.4, 0.5) is 5.13 Å². The van der Waals surface area contributed by atoms with E-state index in [1.165, 1.54) is 0 Å². The topological polar surface area (TPSA) is 46.1 Å². The maximum atomic E-state index is 13.3. The molecule has 2 heterocycles. The van der Waals surface area contributed by atoms with E-state index in [0.717, 1.165) is 32.5 Å². The van der Waals surface area contributed by atoms with Crippen molar-refractivity contribution in [2.45, 2.75) is 26.8 Å². The molecule has 0 N–H and O–H groups in total. The molecule has 0 unspecified atom stereocenters. The molecular formula is C23H20ClN3OS. The SMILES string of the molecule is Cc1ccc(C)c2sc(N(Cc3cccnc3)C(=O)Cc3ccccc3Cl)nc12. The van der Waals surface area contributed by atoms with Crippen LogP contribution in [0.3, 0.4) is 0 Å². The van der Waals surface area contributed by atoms with Gasteiger partial charge in [-0.05, 0) is 48.2 Å². The highest BCUT2D eigenvalue weighted by Gasteiger charge is 2.22. The van der Waals surface area contributed by atoms with Crippen LogP contribution in [-0.2, 0) is 17.8 Å². The van der Waals surface area contributed by atoms with Crippen LogP contribution < -0.4 is 4.90 Å². The number of anilines is 1. The van der Waals surface area contributed by atoms with E-state index < -0.39 is 0 Å². The van der Waals surface area contributed by atoms with Crippen LogP contribution in [-0.4, -0.2) is 15.9 Å². The van der Waals surface area contributed by atoms with E-state index >= 15 is 0 Å². The van der Waals surface area contributed by atoms with Crippen LogP contribution in [0.2, 0.25) is 5.02 Å². The Morgan fingerprint density at radius 2 is 1.86 bits per heavy atom. The Morgan fingerprint density at radius 3 is 2.59 bits per heavy atom. The lowest BCUT2D eigenvalue weighted by molar-refractivity contribution is -0.118. The number of aryl methyl sites for hydroxylation is 2. The number of halogens is 1. The molecular weight excluding hydrogens is 402 g/mol. The van der Waals surface area contributed by atoms with E-state index in [2.05, 4.69) is 24.0 Å². The minimum Gasteiger partial charge on any atom is -0.283 e. The van der Waals surface area contributed by atoms with Crippen molar-refractivity contribution in [3.63, 3.8) is 0 Å². The van der Waals surface area contributed by atoms with Gasteiger partial charge < -0.3 is 0 Å². The highest BCUT2D eigenvalue weighted by atomic mass is 35.5. The quantitative estimate of drug-likeness (QED) is 0.413. The van der Waals surface area contributed by atoms with Gasteiger partial charge in [0, 0.05) is 17.4 Å². The lowest BCUT2D eigenvalue weighted by Crippen LogP contribution is -2.31. The van der Waals surface area contributed by atoms with E-state index in [9.17, 15) is 4.79 Å². The van der Waals surface area contributed by atoms with Crippen molar-refractivity contribution < 1.29 is 4.79 Å². The van der Waals surface area contributed by atoms with Gasteiger partial charge in [-0.3, -0.25) is 14.7 Å². The van der Waals surface area contributed by atoms with Gasteiger partial charge in [0.25, 0.3) is 0 Å². The molecule has 0 aliphatic rings. The van der Waals surface area contributed by atoms with Crippen LogP contribution in [0.1, 0.15) is 22.3 Å². The fraction of sp³-hybridized carbons (Fsp3) is 0.174. The standard InChI is InChI=1S/C23H20ClN3OS/c1-15-9-10-16(2)22-21(15)26-23(29-22)27(14-17-6-5-11-25-13-17)20(28)12-18-7-3-4-8-19(18)24/h3-11,13H,12,14H2,1-2H3. The Labute approximate surface area is 178 Å². The summed E-state index contributed by atoms with van der Waals surface area (Å²) in [4.78, 5) is 24.1. The molecule has 6 heteroatoms. The summed E-state index contributed by atoms with van der Waals surface area (Å²) in [5.74, 6) is -0.0451. The van der Waals surface area contributed by atoms with Crippen LogP contribution >= 0.6 is 22.9 Å². The average molecular weight is 422 g/mol. The third-order valence-electron chi connectivity index (χ3n) is 4.83. The lowest BCUT2D eigenvalue weighted by Gasteiger charge is -2.20. The maximum absolute atomic E-state index is 13.3. The number of amides is 1. The number of carbonyl (C=O) groups excluding carboxylic acids is 1. The number of carbonyl (C=O) groups is 1. The second kappa shape index (κ2) is 8.31. The zero-order chi connectivity index (χ0) is 20.4. The van der Waals surface area contributed by atoms with E-state index in [4.69, 9.17) is 16.6 Å². The second-order valence-electron chi connectivity index (χ2n) is 6.98. The van der Waals surface area contributed by atoms with Crippen molar-refractivity contribution in [3.8, 4) is 0 Å². The van der Waals surface area contributed by atoms with Crippen molar-refractivity contribution in [1.82, 2.24) is 9.97 Å². The van der Waals surface area contributed by atoms with Gasteiger partial charge >= 0.3 is 0 Å². The Morgan fingerprint density at radius 1 is 1.07 bits per heavy atom. The van der Waals surface area contributed by atoms with Gasteiger partial charge in [-0.1, -0.05) is 59.3 Å². The molecule has 0 radical (unpaired) electrons. The summed E-state index contributed by atoms with van der Waals surface area (Å²) in [7, 11) is 0. The zero-order valence-corrected chi connectivity index (χ0v) is 17.8. The molecule has 0 fully saturated rings. The van der Waals surface area contributed by atoms with Crippen molar-refractivity contribution in [2.75, 3.05) is 4.90 Å². The Kier molecular flexibility index (Phi) is 5.60. The number of hydrogen-bond donors (Lipinski definition) is 0. The number of pyridine rings is 1. The molecule has 0 atom stereocenters. The Hall–Kier alpha value is -2.76. The second-order valence-corrected chi connectivity index (χ2v) is 8.37. The van der Waals surface area contributed by atoms with Gasteiger partial charge in [0.15, 0.2) is 5.13 Å². The first kappa shape index (κ1) is 19.6. The summed E-state index contributed by atoms with van der Waals surface area (Å²) in [5.41, 5.74) is 4.98. The molecule has 4 nitrogen and oxygen atoms in total. The molecule has 2 aromatic carbocycles. The van der Waals surface area contributed by atoms with Gasteiger partial charge in [-0.25, -0.2) is 4.98 Å². The zero-order valence-electron chi connectivity index (χ0n) is 16.2. The van der Waals surface area contributed by atoms with Crippen LogP contribution in [0.15, 0.2) is 60.9 Å². The summed E-state index contributed by atoms with van der Waals surface area (Å²) >= 11 is 7.84. The number of rotatable bonds is 5. The maximum Gasteiger partial charge on any atom is 0.233 e. The summed E-state index contributed by atoms with van der Waals surface area (Å²) < 4.78 is 1.11. The van der Waals surface area contributed by atoms with Crippen molar-refractivity contribution in [3.05, 3.63) is 88.2 Å². The van der Waals surface area contributed by atoms with Gasteiger partial charge in [-0.15, -0.1) is 0 Å². The number of thiazole rings is 1. The summed E-state index contributed by atoms with van der Waals surface area (Å²) in [6.07, 6.45) is 3.72. The monoisotopic (exact) mass is 421 g/mol. The Balaban J connectivity index is 1.74. The molecule has 0 aliphatic heterocycles. The van der Waals surface area contributed by atoms with Crippen LogP contribution in [0, 0.1) is 13.8 Å². The molecule has 4 aromatic rings. The van der Waals surface area contributed by atoms with Gasteiger partial charge in [-0.2, -0.15) is 0 Å². The lowest BCUT2D eigenvalue weighted by atomic mass is 10.1. The average Bonchev–Trinajstić information content (AvgIpc) is 3.18. The molecule has 0 spiro atoms. The highest BCUT2D eigenvalue weighted by molar-refractivity contribution is 7.22. The molecule has 4 rings (SSSR count). The normalized spacial score (nSPS) is 11.0. The van der Waals surface area contributed by atoms with Gasteiger partial charge in [0.2, 0.25) is 5.91 Å². The van der Waals surface area contributed by atoms with Crippen LogP contribution in [0.5, 0.6) is 0 Å². The molecule has 0 bridgehead atoms. The molecule has 1 amide bonds. The smallest absolute Gasteiger partial charge is 0.233 e. The van der Waals surface area contributed by atoms with E-state index in [-0.39, 0.29) is 12.3 Å². The number of nitrogens with zero attached hydrogens (tertiary/aromatic N) is 3. The third kappa shape index (κ3) is 4.16. The van der Waals surface area contributed by atoms with E-state index in [1.54, 1.807) is 34.7 Å². The van der Waals surface area contributed by atoms with Crippen molar-refractivity contribution >= 4 is 44.2 Å². The predicted molar refractivity (Wildman–Crippen MR) is 120 cm³/mol. The molecule has 146 valence electrons. The molecule has 29 heavy (non-hydrogen) atoms. The summed E-state index contributed by atoms with van der Waals surface area (Å²) in [5, 5.41) is 1.29. The molecule has 0 saturated carbocycles. The largest absolute Gasteiger partial charge is 0.283 e.